The van der Waals surface area contributed by atoms with Crippen LogP contribution in [0.4, 0.5) is 17.1 Å². The molecule has 57 heavy (non-hydrogen) atoms. The molecular formula is C45H42N6O6. The normalized spacial score (nSPS) is 17.5. The van der Waals surface area contributed by atoms with Crippen LogP contribution in [0.25, 0.3) is 0 Å². The number of anilines is 1. The van der Waals surface area contributed by atoms with Gasteiger partial charge in [-0.05, 0) is 59.4 Å². The second kappa shape index (κ2) is 15.4. The summed E-state index contributed by atoms with van der Waals surface area (Å²) < 4.78 is 24.2. The van der Waals surface area contributed by atoms with Crippen LogP contribution >= 0.6 is 0 Å². The number of hydrogen-bond acceptors (Lipinski definition) is 10. The smallest absolute Gasteiger partial charge is 0.257 e. The molecule has 0 N–H and O–H groups in total. The highest BCUT2D eigenvalue weighted by Gasteiger charge is 2.35. The fourth-order valence-electron chi connectivity index (χ4n) is 8.10. The van der Waals surface area contributed by atoms with Crippen molar-refractivity contribution in [3.63, 3.8) is 0 Å². The molecule has 4 aliphatic rings. The molecule has 1 aromatic heterocycles. The lowest BCUT2D eigenvalue weighted by Crippen LogP contribution is -2.44. The minimum Gasteiger partial charge on any atom is -0.493 e. The number of rotatable bonds is 11. The highest BCUT2D eigenvalue weighted by molar-refractivity contribution is 6.04. The first-order valence-electron chi connectivity index (χ1n) is 19.2. The van der Waals surface area contributed by atoms with Crippen molar-refractivity contribution in [3.8, 4) is 23.0 Å². The summed E-state index contributed by atoms with van der Waals surface area (Å²) in [7, 11) is 3.14. The number of pyridine rings is 1. The fraction of sp³-hybridized carbons (Fsp3) is 0.267. The van der Waals surface area contributed by atoms with Crippen LogP contribution in [0.3, 0.4) is 0 Å². The number of amides is 2. The average molecular weight is 763 g/mol. The van der Waals surface area contributed by atoms with E-state index in [1.165, 1.54) is 11.1 Å². The predicted octanol–water partition coefficient (Wildman–Crippen LogP) is 6.63. The molecule has 0 spiro atoms. The molecule has 12 heteroatoms. The zero-order chi connectivity index (χ0) is 38.9. The minimum atomic E-state index is -0.131. The Balaban J connectivity index is 0.887. The molecule has 0 saturated carbocycles. The Hall–Kier alpha value is -6.69. The third kappa shape index (κ3) is 7.03. The van der Waals surface area contributed by atoms with Crippen molar-refractivity contribution in [2.24, 2.45) is 9.98 Å². The molecule has 288 valence electrons. The van der Waals surface area contributed by atoms with Gasteiger partial charge in [-0.25, -0.2) is 0 Å². The standard InChI is InChI=1S/C45H42N6O6/c1-54-40-21-36-38(47-25-34-19-29-7-3-5-9-31(29)27-50(34)44(36)52)23-42(40)56-17-15-49(33-11-13-46-14-12-33)16-18-57-43-24-39-37(22-41(43)55-2)45(53)51-28-32-10-6-4-8-30(32)20-35(51)26-48-39/h3-14,21-26,34-35H,15-20,27-28H2,1-2H3/t34-,35?/m0/s1. The van der Waals surface area contributed by atoms with Crippen LogP contribution in [0.2, 0.25) is 0 Å². The van der Waals surface area contributed by atoms with E-state index in [0.29, 0.717) is 84.9 Å². The summed E-state index contributed by atoms with van der Waals surface area (Å²) in [5.74, 6) is 1.76. The van der Waals surface area contributed by atoms with Crippen LogP contribution in [0.15, 0.2) is 107 Å². The summed E-state index contributed by atoms with van der Waals surface area (Å²) in [5, 5.41) is 0. The Morgan fingerprint density at radius 2 is 1.07 bits per heavy atom. The molecule has 1 unspecified atom stereocenters. The van der Waals surface area contributed by atoms with Gasteiger partial charge in [0, 0.05) is 55.7 Å². The van der Waals surface area contributed by atoms with Crippen LogP contribution in [0.5, 0.6) is 23.0 Å². The summed E-state index contributed by atoms with van der Waals surface area (Å²) in [5.41, 5.74) is 7.79. The molecular weight excluding hydrogens is 721 g/mol. The topological polar surface area (TPSA) is 118 Å². The van der Waals surface area contributed by atoms with Gasteiger partial charge in [-0.1, -0.05) is 48.5 Å². The number of ether oxygens (including phenoxy) is 4. The van der Waals surface area contributed by atoms with Gasteiger partial charge < -0.3 is 33.6 Å². The van der Waals surface area contributed by atoms with Crippen LogP contribution in [-0.4, -0.2) is 91.6 Å². The number of fused-ring (bicyclic) bond motifs is 6. The monoisotopic (exact) mass is 762 g/mol. The molecule has 2 amide bonds. The van der Waals surface area contributed by atoms with Gasteiger partial charge in [-0.3, -0.25) is 24.6 Å². The number of aliphatic imine (C=N–C) groups is 2. The quantitative estimate of drug-likeness (QED) is 0.147. The van der Waals surface area contributed by atoms with E-state index in [-0.39, 0.29) is 23.9 Å². The van der Waals surface area contributed by atoms with Gasteiger partial charge in [-0.15, -0.1) is 0 Å². The van der Waals surface area contributed by atoms with Gasteiger partial charge in [0.15, 0.2) is 23.0 Å². The molecule has 0 aliphatic carbocycles. The van der Waals surface area contributed by atoms with Crippen molar-refractivity contribution >= 4 is 41.3 Å². The fourth-order valence-corrected chi connectivity index (χ4v) is 8.10. The third-order valence-electron chi connectivity index (χ3n) is 11.2. The first-order chi connectivity index (χ1) is 28.0. The summed E-state index contributed by atoms with van der Waals surface area (Å²) in [6.07, 6.45) is 8.67. The van der Waals surface area contributed by atoms with Crippen LogP contribution in [0, 0.1) is 0 Å². The van der Waals surface area contributed by atoms with Crippen LogP contribution in [0.1, 0.15) is 43.0 Å². The van der Waals surface area contributed by atoms with Gasteiger partial charge in [0.05, 0.1) is 61.9 Å². The maximum atomic E-state index is 13.9. The Bertz CT molecular complexity index is 2250. The van der Waals surface area contributed by atoms with E-state index in [4.69, 9.17) is 28.9 Å². The van der Waals surface area contributed by atoms with E-state index < -0.39 is 0 Å². The van der Waals surface area contributed by atoms with Crippen molar-refractivity contribution in [2.75, 3.05) is 45.4 Å². The number of methoxy groups -OCH3 is 2. The summed E-state index contributed by atoms with van der Waals surface area (Å²) in [6, 6.07) is 27.1. The molecule has 0 radical (unpaired) electrons. The van der Waals surface area contributed by atoms with E-state index in [2.05, 4.69) is 34.1 Å². The first-order valence-corrected chi connectivity index (χ1v) is 19.2. The summed E-state index contributed by atoms with van der Waals surface area (Å²) in [4.78, 5) is 47.3. The number of hydrogen-bond donors (Lipinski definition) is 0. The van der Waals surface area contributed by atoms with Crippen molar-refractivity contribution in [3.05, 3.63) is 131 Å². The third-order valence-corrected chi connectivity index (χ3v) is 11.2. The van der Waals surface area contributed by atoms with E-state index in [9.17, 15) is 9.59 Å². The van der Waals surface area contributed by atoms with Crippen molar-refractivity contribution < 1.29 is 28.5 Å². The molecule has 0 saturated heterocycles. The van der Waals surface area contributed by atoms with Gasteiger partial charge in [0.2, 0.25) is 0 Å². The minimum absolute atomic E-state index is 0.0815. The predicted molar refractivity (Wildman–Crippen MR) is 217 cm³/mol. The Morgan fingerprint density at radius 1 is 0.614 bits per heavy atom. The van der Waals surface area contributed by atoms with Crippen molar-refractivity contribution in [2.45, 2.75) is 38.0 Å². The maximum Gasteiger partial charge on any atom is 0.257 e. The zero-order valence-electron chi connectivity index (χ0n) is 31.8. The van der Waals surface area contributed by atoms with E-state index in [1.807, 2.05) is 58.6 Å². The molecule has 4 aliphatic heterocycles. The second-order valence-electron chi connectivity index (χ2n) is 14.4. The molecule has 0 fully saturated rings. The van der Waals surface area contributed by atoms with Crippen LogP contribution < -0.4 is 23.8 Å². The SMILES string of the molecule is COc1cc2c(cc1OCCN(CCOc1cc3c(cc1OC)C(=O)N1Cc4ccccc4C[C@H]1C=N3)c1ccncc1)N=CC1Cc3ccccc3CN1C2=O. The lowest BCUT2D eigenvalue weighted by molar-refractivity contribution is 0.0696. The van der Waals surface area contributed by atoms with E-state index in [0.717, 1.165) is 29.7 Å². The van der Waals surface area contributed by atoms with Gasteiger partial charge in [-0.2, -0.15) is 0 Å². The molecule has 5 aromatic rings. The van der Waals surface area contributed by atoms with Crippen molar-refractivity contribution in [1.29, 1.82) is 0 Å². The molecule has 5 heterocycles. The van der Waals surface area contributed by atoms with E-state index >= 15 is 0 Å². The molecule has 12 nitrogen and oxygen atoms in total. The van der Waals surface area contributed by atoms with Gasteiger partial charge in [0.25, 0.3) is 11.8 Å². The average Bonchev–Trinajstić information content (AvgIpc) is 3.46. The molecule has 0 bridgehead atoms. The molecule has 9 rings (SSSR count). The Kier molecular flexibility index (Phi) is 9.75. The highest BCUT2D eigenvalue weighted by Crippen LogP contribution is 2.40. The van der Waals surface area contributed by atoms with Crippen LogP contribution in [-0.2, 0) is 25.9 Å². The Labute approximate surface area is 331 Å². The number of nitrogens with zero attached hydrogens (tertiary/aromatic N) is 6. The van der Waals surface area contributed by atoms with Gasteiger partial charge in [0.1, 0.15) is 13.2 Å². The lowest BCUT2D eigenvalue weighted by Gasteiger charge is -2.34. The number of aromatic nitrogens is 1. The maximum absolute atomic E-state index is 13.9. The first kappa shape index (κ1) is 36.0. The Morgan fingerprint density at radius 3 is 1.53 bits per heavy atom. The number of carbonyl (C=O) groups excluding carboxylic acids is 2. The van der Waals surface area contributed by atoms with E-state index in [1.54, 1.807) is 50.9 Å². The summed E-state index contributed by atoms with van der Waals surface area (Å²) >= 11 is 0. The van der Waals surface area contributed by atoms with Gasteiger partial charge >= 0.3 is 0 Å². The lowest BCUT2D eigenvalue weighted by atomic mass is 9.94. The number of carbonyl (C=O) groups is 2. The number of benzene rings is 4. The van der Waals surface area contributed by atoms with Crippen molar-refractivity contribution in [1.82, 2.24) is 14.8 Å². The largest absolute Gasteiger partial charge is 0.493 e. The molecule has 2 atom stereocenters. The highest BCUT2D eigenvalue weighted by atomic mass is 16.5. The zero-order valence-corrected chi connectivity index (χ0v) is 31.8. The second-order valence-corrected chi connectivity index (χ2v) is 14.4. The molecule has 4 aromatic carbocycles. The summed E-state index contributed by atoms with van der Waals surface area (Å²) in [6.45, 7) is 2.68.